The van der Waals surface area contributed by atoms with Gasteiger partial charge in [0.15, 0.2) is 0 Å². The van der Waals surface area contributed by atoms with E-state index >= 15 is 4.39 Å². The van der Waals surface area contributed by atoms with Crippen molar-refractivity contribution in [3.8, 4) is 17.0 Å². The molecule has 0 bridgehead atoms. The molecule has 6 rings (SSSR count). The molecule has 0 fully saturated rings. The fourth-order valence-corrected chi connectivity index (χ4v) is 4.64. The Kier molecular flexibility index (Phi) is 4.23. The predicted octanol–water partition coefficient (Wildman–Crippen LogP) is 4.68. The van der Waals surface area contributed by atoms with Crippen LogP contribution in [-0.4, -0.2) is 34.0 Å². The molecule has 7 nitrogen and oxygen atoms in total. The van der Waals surface area contributed by atoms with Crippen molar-refractivity contribution < 1.29 is 13.9 Å². The minimum absolute atomic E-state index is 0.204. The standard InChI is InChI=1S/C25H20FN5O2/c1-12-16(18-11-29-25-22(13(18)2)28-5-6-33-25)9-19(26)23-21(12)17(24(32)31-23)8-15-7-14-10-27-4-3-20(14)30-15/h3-4,7-11,28,30H,5-6H2,1-2H3,(H,31,32)/b17-8-. The molecule has 33 heavy (non-hydrogen) atoms. The Bertz CT molecular complexity index is 1470. The molecule has 5 heterocycles. The molecule has 2 aliphatic rings. The normalized spacial score (nSPS) is 15.7. The van der Waals surface area contributed by atoms with Crippen LogP contribution < -0.4 is 15.4 Å². The average molecular weight is 441 g/mol. The first kappa shape index (κ1) is 19.5. The number of benzene rings is 1. The molecule has 0 atom stereocenters. The average Bonchev–Trinajstić information content (AvgIpc) is 3.38. The van der Waals surface area contributed by atoms with Gasteiger partial charge in [-0.2, -0.15) is 0 Å². The first-order chi connectivity index (χ1) is 16.0. The van der Waals surface area contributed by atoms with Crippen LogP contribution in [0.4, 0.5) is 15.8 Å². The summed E-state index contributed by atoms with van der Waals surface area (Å²) in [6, 6.07) is 5.25. The number of aromatic nitrogens is 3. The number of carbonyl (C=O) groups is 1. The lowest BCUT2D eigenvalue weighted by Gasteiger charge is -2.22. The highest BCUT2D eigenvalue weighted by Gasteiger charge is 2.31. The van der Waals surface area contributed by atoms with E-state index < -0.39 is 5.82 Å². The maximum absolute atomic E-state index is 15.2. The van der Waals surface area contributed by atoms with Crippen LogP contribution in [0.5, 0.6) is 5.88 Å². The Labute approximate surface area is 188 Å². The second kappa shape index (κ2) is 7.16. The summed E-state index contributed by atoms with van der Waals surface area (Å²) in [5.41, 5.74) is 6.86. The Morgan fingerprint density at radius 2 is 2.00 bits per heavy atom. The number of rotatable bonds is 2. The Hall–Kier alpha value is -4.20. The van der Waals surface area contributed by atoms with Crippen LogP contribution in [0.25, 0.3) is 33.7 Å². The van der Waals surface area contributed by atoms with Crippen molar-refractivity contribution in [1.29, 1.82) is 0 Å². The van der Waals surface area contributed by atoms with E-state index in [0.717, 1.165) is 39.0 Å². The number of amides is 1. The van der Waals surface area contributed by atoms with Gasteiger partial charge in [0.2, 0.25) is 5.88 Å². The SMILES string of the molecule is Cc1c(-c2cc(F)c3c(c2C)/C(=C/c2cc4cnccc4[nH]2)C(=O)N3)cnc2c1NCCO2. The van der Waals surface area contributed by atoms with Crippen LogP contribution in [-0.2, 0) is 4.79 Å². The highest BCUT2D eigenvalue weighted by Crippen LogP contribution is 2.44. The van der Waals surface area contributed by atoms with E-state index in [4.69, 9.17) is 4.74 Å². The number of halogens is 1. The number of nitrogens with zero attached hydrogens (tertiary/aromatic N) is 2. The first-order valence-electron chi connectivity index (χ1n) is 10.7. The van der Waals surface area contributed by atoms with E-state index in [-0.39, 0.29) is 11.6 Å². The maximum atomic E-state index is 15.2. The van der Waals surface area contributed by atoms with E-state index in [1.165, 1.54) is 6.07 Å². The van der Waals surface area contributed by atoms with Gasteiger partial charge in [-0.15, -0.1) is 0 Å². The Balaban J connectivity index is 1.53. The highest BCUT2D eigenvalue weighted by atomic mass is 19.1. The van der Waals surface area contributed by atoms with Gasteiger partial charge in [0.25, 0.3) is 5.91 Å². The van der Waals surface area contributed by atoms with Gasteiger partial charge in [0, 0.05) is 52.9 Å². The minimum atomic E-state index is -0.482. The summed E-state index contributed by atoms with van der Waals surface area (Å²) in [5, 5.41) is 6.95. The summed E-state index contributed by atoms with van der Waals surface area (Å²) in [7, 11) is 0. The van der Waals surface area contributed by atoms with Gasteiger partial charge in [-0.3, -0.25) is 9.78 Å². The monoisotopic (exact) mass is 441 g/mol. The number of fused-ring (bicyclic) bond motifs is 3. The summed E-state index contributed by atoms with van der Waals surface area (Å²) in [5.74, 6) is -0.270. The van der Waals surface area contributed by atoms with Gasteiger partial charge in [0.05, 0.1) is 11.3 Å². The van der Waals surface area contributed by atoms with Crippen molar-refractivity contribution in [2.24, 2.45) is 0 Å². The molecular weight excluding hydrogens is 421 g/mol. The number of ether oxygens (including phenoxy) is 1. The lowest BCUT2D eigenvalue weighted by molar-refractivity contribution is -0.110. The minimum Gasteiger partial charge on any atom is -0.474 e. The summed E-state index contributed by atoms with van der Waals surface area (Å²) in [4.78, 5) is 24.7. The zero-order valence-corrected chi connectivity index (χ0v) is 18.0. The molecule has 8 heteroatoms. The van der Waals surface area contributed by atoms with E-state index in [2.05, 4.69) is 25.6 Å². The third-order valence-electron chi connectivity index (χ3n) is 6.27. The number of hydrogen-bond acceptors (Lipinski definition) is 5. The summed E-state index contributed by atoms with van der Waals surface area (Å²) >= 11 is 0. The molecule has 1 aromatic carbocycles. The first-order valence-corrected chi connectivity index (χ1v) is 10.7. The molecule has 0 aliphatic carbocycles. The van der Waals surface area contributed by atoms with Crippen molar-refractivity contribution in [3.05, 3.63) is 65.0 Å². The van der Waals surface area contributed by atoms with E-state index in [1.807, 2.05) is 26.0 Å². The van der Waals surface area contributed by atoms with Crippen LogP contribution in [0, 0.1) is 19.7 Å². The van der Waals surface area contributed by atoms with Crippen LogP contribution >= 0.6 is 0 Å². The molecule has 0 spiro atoms. The third kappa shape index (κ3) is 2.98. The van der Waals surface area contributed by atoms with Gasteiger partial charge in [0.1, 0.15) is 18.1 Å². The maximum Gasteiger partial charge on any atom is 0.256 e. The van der Waals surface area contributed by atoms with Crippen molar-refractivity contribution in [1.82, 2.24) is 15.0 Å². The number of hydrogen-bond donors (Lipinski definition) is 3. The quantitative estimate of drug-likeness (QED) is 0.393. The summed E-state index contributed by atoms with van der Waals surface area (Å²) < 4.78 is 20.8. The van der Waals surface area contributed by atoms with Crippen LogP contribution in [0.1, 0.15) is 22.4 Å². The zero-order chi connectivity index (χ0) is 22.7. The number of pyridine rings is 2. The zero-order valence-electron chi connectivity index (χ0n) is 18.0. The molecule has 0 radical (unpaired) electrons. The fraction of sp³-hybridized carbons (Fsp3) is 0.160. The number of carbonyl (C=O) groups excluding carboxylic acids is 1. The Morgan fingerprint density at radius 1 is 1.12 bits per heavy atom. The predicted molar refractivity (Wildman–Crippen MR) is 126 cm³/mol. The van der Waals surface area contributed by atoms with Gasteiger partial charge in [-0.1, -0.05) is 0 Å². The molecule has 4 aromatic rings. The molecule has 0 unspecified atom stereocenters. The largest absolute Gasteiger partial charge is 0.474 e. The number of anilines is 2. The van der Waals surface area contributed by atoms with Gasteiger partial charge in [-0.05, 0) is 54.8 Å². The molecule has 164 valence electrons. The smallest absolute Gasteiger partial charge is 0.256 e. The van der Waals surface area contributed by atoms with Crippen LogP contribution in [0.15, 0.2) is 36.8 Å². The van der Waals surface area contributed by atoms with Gasteiger partial charge >= 0.3 is 0 Å². The van der Waals surface area contributed by atoms with E-state index in [1.54, 1.807) is 24.7 Å². The van der Waals surface area contributed by atoms with E-state index in [0.29, 0.717) is 35.7 Å². The number of nitrogens with one attached hydrogen (secondary N) is 3. The Morgan fingerprint density at radius 3 is 2.85 bits per heavy atom. The van der Waals surface area contributed by atoms with Crippen LogP contribution in [0.2, 0.25) is 0 Å². The van der Waals surface area contributed by atoms with Crippen molar-refractivity contribution >= 4 is 39.8 Å². The van der Waals surface area contributed by atoms with E-state index in [9.17, 15) is 4.79 Å². The highest BCUT2D eigenvalue weighted by molar-refractivity contribution is 6.35. The number of aromatic amines is 1. The van der Waals surface area contributed by atoms with Crippen molar-refractivity contribution in [3.63, 3.8) is 0 Å². The second-order valence-corrected chi connectivity index (χ2v) is 8.23. The summed E-state index contributed by atoms with van der Waals surface area (Å²) in [6.07, 6.45) is 6.91. The molecular formula is C25H20FN5O2. The molecule has 1 amide bonds. The number of H-pyrrole nitrogens is 1. The van der Waals surface area contributed by atoms with Crippen molar-refractivity contribution in [2.75, 3.05) is 23.8 Å². The van der Waals surface area contributed by atoms with Crippen molar-refractivity contribution in [2.45, 2.75) is 13.8 Å². The van der Waals surface area contributed by atoms with Gasteiger partial charge < -0.3 is 20.4 Å². The molecule has 0 saturated heterocycles. The summed E-state index contributed by atoms with van der Waals surface area (Å²) in [6.45, 7) is 5.10. The second-order valence-electron chi connectivity index (χ2n) is 8.23. The van der Waals surface area contributed by atoms with Gasteiger partial charge in [-0.25, -0.2) is 9.37 Å². The van der Waals surface area contributed by atoms with Crippen LogP contribution in [0.3, 0.4) is 0 Å². The molecule has 0 saturated carbocycles. The molecule has 3 aromatic heterocycles. The molecule has 2 aliphatic heterocycles. The lowest BCUT2D eigenvalue weighted by atomic mass is 9.90. The molecule has 3 N–H and O–H groups in total. The third-order valence-corrected chi connectivity index (χ3v) is 6.27. The lowest BCUT2D eigenvalue weighted by Crippen LogP contribution is -2.20. The fourth-order valence-electron chi connectivity index (χ4n) is 4.64. The topological polar surface area (TPSA) is 91.9 Å².